The van der Waals surface area contributed by atoms with Crippen molar-refractivity contribution in [2.24, 2.45) is 0 Å². The van der Waals surface area contributed by atoms with Gasteiger partial charge in [-0.15, -0.1) is 0 Å². The van der Waals surface area contributed by atoms with Crippen molar-refractivity contribution in [3.63, 3.8) is 0 Å². The molecule has 0 heterocycles. The molecule has 0 aliphatic rings. The van der Waals surface area contributed by atoms with E-state index in [1.54, 1.807) is 4.90 Å². The third-order valence-electron chi connectivity index (χ3n) is 5.11. The van der Waals surface area contributed by atoms with Crippen LogP contribution in [0.1, 0.15) is 110 Å². The minimum Gasteiger partial charge on any atom is -0.480 e. The second-order valence-corrected chi connectivity index (χ2v) is 7.91. The van der Waals surface area contributed by atoms with E-state index in [2.05, 4.69) is 6.92 Å². The van der Waals surface area contributed by atoms with E-state index in [0.717, 1.165) is 12.8 Å². The maximum atomic E-state index is 10.8. The van der Waals surface area contributed by atoms with E-state index in [0.29, 0.717) is 6.54 Å². The van der Waals surface area contributed by atoms with Crippen molar-refractivity contribution in [3.8, 4) is 0 Å². The molecule has 0 aromatic rings. The van der Waals surface area contributed by atoms with Crippen LogP contribution in [0.5, 0.6) is 0 Å². The van der Waals surface area contributed by atoms with Crippen LogP contribution >= 0.6 is 0 Å². The Bertz CT molecular complexity index is 323. The van der Waals surface area contributed by atoms with Crippen molar-refractivity contribution >= 4 is 5.97 Å². The summed E-state index contributed by atoms with van der Waals surface area (Å²) < 4.78 is 0. The number of carbonyl (C=O) groups is 1. The molecule has 0 aliphatic carbocycles. The van der Waals surface area contributed by atoms with Gasteiger partial charge in [-0.3, -0.25) is 9.69 Å². The van der Waals surface area contributed by atoms with Gasteiger partial charge in [0.05, 0.1) is 6.54 Å². The Kier molecular flexibility index (Phi) is 19.6. The number of hydrogen-bond donors (Lipinski definition) is 3. The summed E-state index contributed by atoms with van der Waals surface area (Å²) in [6.07, 6.45) is 19.5. The lowest BCUT2D eigenvalue weighted by Gasteiger charge is -2.20. The molecule has 0 amide bonds. The van der Waals surface area contributed by atoms with Crippen molar-refractivity contribution in [2.75, 3.05) is 19.6 Å². The molecule has 27 heavy (non-hydrogen) atoms. The van der Waals surface area contributed by atoms with Crippen LogP contribution in [0.25, 0.3) is 0 Å². The molecule has 5 heteroatoms. The number of nitrogens with zero attached hydrogens (tertiary/aromatic N) is 1. The summed E-state index contributed by atoms with van der Waals surface area (Å²) in [5.74, 6) is -0.924. The molecule has 0 saturated carbocycles. The van der Waals surface area contributed by atoms with E-state index in [9.17, 15) is 4.79 Å². The van der Waals surface area contributed by atoms with E-state index >= 15 is 0 Å². The van der Waals surface area contributed by atoms with E-state index in [1.807, 2.05) is 0 Å². The molecule has 0 bridgehead atoms. The molecular weight excluding hydrogens is 342 g/mol. The first-order valence-electron chi connectivity index (χ1n) is 11.4. The number of aliphatic carboxylic acids is 1. The smallest absolute Gasteiger partial charge is 0.317 e. The lowest BCUT2D eigenvalue weighted by molar-refractivity contribution is -0.139. The van der Waals surface area contributed by atoms with E-state index in [4.69, 9.17) is 15.3 Å². The third kappa shape index (κ3) is 21.5. The molecule has 5 nitrogen and oxygen atoms in total. The molecule has 0 atom stereocenters. The summed E-state index contributed by atoms with van der Waals surface area (Å²) in [6, 6.07) is 0. The highest BCUT2D eigenvalue weighted by Crippen LogP contribution is 2.13. The number of rotatable bonds is 21. The molecule has 0 spiro atoms. The van der Waals surface area contributed by atoms with E-state index in [-0.39, 0.29) is 13.1 Å². The van der Waals surface area contributed by atoms with Crippen LogP contribution in [0, 0.1) is 0 Å². The molecule has 0 aromatic carbocycles. The second kappa shape index (κ2) is 20.1. The third-order valence-corrected chi connectivity index (χ3v) is 5.11. The average molecular weight is 388 g/mol. The Morgan fingerprint density at radius 1 is 0.704 bits per heavy atom. The highest BCUT2D eigenvalue weighted by molar-refractivity contribution is 5.69. The fraction of sp³-hybridized carbons (Fsp3) is 0.955. The van der Waals surface area contributed by atoms with Crippen molar-refractivity contribution in [1.82, 2.24) is 4.90 Å². The highest BCUT2D eigenvalue weighted by Gasteiger charge is 2.12. The number of carboxylic acids is 1. The first kappa shape index (κ1) is 26.4. The van der Waals surface area contributed by atoms with Crippen LogP contribution < -0.4 is 0 Å². The lowest BCUT2D eigenvalue weighted by Crippen LogP contribution is -2.37. The molecule has 162 valence electrons. The number of unbranched alkanes of at least 4 members (excludes halogenated alkanes) is 15. The van der Waals surface area contributed by atoms with Gasteiger partial charge in [0.25, 0.3) is 0 Å². The number of aliphatic hydroxyl groups excluding tert-OH is 1. The average Bonchev–Trinajstić information content (AvgIpc) is 2.60. The van der Waals surface area contributed by atoms with Crippen LogP contribution in [-0.4, -0.2) is 52.1 Å². The molecule has 0 aliphatic heterocycles. The van der Waals surface area contributed by atoms with Gasteiger partial charge in [0.1, 0.15) is 0 Å². The molecule has 0 unspecified atom stereocenters. The fourth-order valence-electron chi connectivity index (χ4n) is 3.54. The molecule has 0 rings (SSSR count). The molecular formula is C22H45NO4. The van der Waals surface area contributed by atoms with Crippen LogP contribution in [-0.2, 0) is 4.79 Å². The van der Waals surface area contributed by atoms with Gasteiger partial charge in [-0.1, -0.05) is 103 Å². The Balaban J connectivity index is 3.31. The molecule has 0 saturated heterocycles. The standard InChI is InChI=1S/C22H45NO4/c1-2-3-4-5-6-7-8-9-10-11-12-13-14-15-16-17-18-23(19-21(24)25)20-22(26)27/h21,24-25H,2-20H2,1H3,(H,26,27). The minimum atomic E-state index is -1.47. The molecule has 0 aromatic heterocycles. The van der Waals surface area contributed by atoms with Crippen molar-refractivity contribution in [3.05, 3.63) is 0 Å². The Labute approximate surface area is 167 Å². The van der Waals surface area contributed by atoms with Gasteiger partial charge in [-0.25, -0.2) is 0 Å². The van der Waals surface area contributed by atoms with Gasteiger partial charge in [0.15, 0.2) is 6.29 Å². The monoisotopic (exact) mass is 387 g/mol. The SMILES string of the molecule is CCCCCCCCCCCCCCCCCCN(CC(=O)O)CC(O)O. The maximum Gasteiger partial charge on any atom is 0.317 e. The quantitative estimate of drug-likeness (QED) is 0.192. The number of carboxylic acid groups (broad SMARTS) is 1. The van der Waals surface area contributed by atoms with Gasteiger partial charge in [0.2, 0.25) is 0 Å². The van der Waals surface area contributed by atoms with Crippen molar-refractivity contribution in [1.29, 1.82) is 0 Å². The number of hydrogen-bond acceptors (Lipinski definition) is 4. The van der Waals surface area contributed by atoms with E-state index < -0.39 is 12.3 Å². The zero-order chi connectivity index (χ0) is 20.2. The minimum absolute atomic E-state index is 0.00500. The zero-order valence-electron chi connectivity index (χ0n) is 17.7. The largest absolute Gasteiger partial charge is 0.480 e. The van der Waals surface area contributed by atoms with Crippen LogP contribution in [0.3, 0.4) is 0 Å². The Morgan fingerprint density at radius 2 is 1.07 bits per heavy atom. The predicted molar refractivity (Wildman–Crippen MR) is 112 cm³/mol. The Hall–Kier alpha value is -0.650. The summed E-state index contributed by atoms with van der Waals surface area (Å²) in [5, 5.41) is 26.8. The molecule has 0 radical (unpaired) electrons. The van der Waals surface area contributed by atoms with Crippen molar-refractivity contribution in [2.45, 2.75) is 116 Å². The topological polar surface area (TPSA) is 81.0 Å². The zero-order valence-corrected chi connectivity index (χ0v) is 17.7. The van der Waals surface area contributed by atoms with Crippen LogP contribution in [0.4, 0.5) is 0 Å². The summed E-state index contributed by atoms with van der Waals surface area (Å²) in [6.45, 7) is 2.75. The van der Waals surface area contributed by atoms with Crippen LogP contribution in [0.2, 0.25) is 0 Å². The maximum absolute atomic E-state index is 10.8. The van der Waals surface area contributed by atoms with Gasteiger partial charge in [-0.05, 0) is 13.0 Å². The molecule has 0 fully saturated rings. The van der Waals surface area contributed by atoms with Gasteiger partial charge < -0.3 is 15.3 Å². The first-order chi connectivity index (χ1) is 13.1. The van der Waals surface area contributed by atoms with Crippen LogP contribution in [0.15, 0.2) is 0 Å². The summed E-state index contributed by atoms with van der Waals surface area (Å²) in [4.78, 5) is 12.4. The summed E-state index contributed by atoms with van der Waals surface area (Å²) in [7, 11) is 0. The second-order valence-electron chi connectivity index (χ2n) is 7.91. The predicted octanol–water partition coefficient (Wildman–Crippen LogP) is 4.95. The molecule has 3 N–H and O–H groups in total. The van der Waals surface area contributed by atoms with Gasteiger partial charge in [0, 0.05) is 6.54 Å². The van der Waals surface area contributed by atoms with Gasteiger partial charge >= 0.3 is 5.97 Å². The highest BCUT2D eigenvalue weighted by atomic mass is 16.5. The summed E-state index contributed by atoms with van der Waals surface area (Å²) in [5.41, 5.74) is 0. The lowest BCUT2D eigenvalue weighted by atomic mass is 10.0. The van der Waals surface area contributed by atoms with Gasteiger partial charge in [-0.2, -0.15) is 0 Å². The summed E-state index contributed by atoms with van der Waals surface area (Å²) >= 11 is 0. The number of aliphatic hydroxyl groups is 2. The van der Waals surface area contributed by atoms with Crippen molar-refractivity contribution < 1.29 is 20.1 Å². The normalized spacial score (nSPS) is 11.6. The Morgan fingerprint density at radius 3 is 1.41 bits per heavy atom. The fourth-order valence-corrected chi connectivity index (χ4v) is 3.54. The van der Waals surface area contributed by atoms with E-state index in [1.165, 1.54) is 89.9 Å². The first-order valence-corrected chi connectivity index (χ1v) is 11.4.